The topological polar surface area (TPSA) is 124 Å². The van der Waals surface area contributed by atoms with Crippen LogP contribution in [0.4, 0.5) is 4.79 Å². The van der Waals surface area contributed by atoms with Crippen molar-refractivity contribution >= 4 is 12.1 Å². The van der Waals surface area contributed by atoms with Crippen molar-refractivity contribution in [3.63, 3.8) is 0 Å². The maximum atomic E-state index is 11.7. The number of rotatable bonds is 7. The normalized spacial score (nSPS) is 22.9. The van der Waals surface area contributed by atoms with E-state index in [2.05, 4.69) is 15.3 Å². The molecule has 0 radical (unpaired) electrons. The van der Waals surface area contributed by atoms with Gasteiger partial charge in [-0.3, -0.25) is 4.79 Å². The largest absolute Gasteiger partial charge is 0.481 e. The molecule has 2 N–H and O–H groups in total. The SMILES string of the molecule is C[C@@H](NC(=O)OC(C)(C)C)[C@@H](CC1CC1CN=[N+]=[N-])C(=O)O. The molecule has 1 aliphatic rings. The number of azide groups is 1. The number of alkyl carbamates (subject to hydrolysis) is 1. The summed E-state index contributed by atoms with van der Waals surface area (Å²) < 4.78 is 5.13. The van der Waals surface area contributed by atoms with Gasteiger partial charge in [0.25, 0.3) is 0 Å². The monoisotopic (exact) mass is 312 g/mol. The van der Waals surface area contributed by atoms with Crippen LogP contribution in [-0.4, -0.2) is 35.4 Å². The number of amides is 1. The molecule has 0 spiro atoms. The first kappa shape index (κ1) is 18.1. The second-order valence-electron chi connectivity index (χ2n) is 6.78. The van der Waals surface area contributed by atoms with Gasteiger partial charge in [0.2, 0.25) is 0 Å². The van der Waals surface area contributed by atoms with Gasteiger partial charge in [-0.1, -0.05) is 5.11 Å². The van der Waals surface area contributed by atoms with E-state index in [0.717, 1.165) is 6.42 Å². The van der Waals surface area contributed by atoms with Crippen molar-refractivity contribution in [2.45, 2.75) is 52.2 Å². The van der Waals surface area contributed by atoms with E-state index in [0.29, 0.717) is 13.0 Å². The van der Waals surface area contributed by atoms with E-state index in [1.165, 1.54) is 0 Å². The van der Waals surface area contributed by atoms with E-state index in [4.69, 9.17) is 10.3 Å². The molecular weight excluding hydrogens is 288 g/mol. The molecule has 1 rings (SSSR count). The number of aliphatic carboxylic acids is 1. The van der Waals surface area contributed by atoms with Crippen LogP contribution < -0.4 is 5.32 Å². The van der Waals surface area contributed by atoms with Gasteiger partial charge in [0.15, 0.2) is 0 Å². The van der Waals surface area contributed by atoms with Crippen LogP contribution in [0.1, 0.15) is 40.5 Å². The van der Waals surface area contributed by atoms with Crippen LogP contribution in [0.25, 0.3) is 10.4 Å². The van der Waals surface area contributed by atoms with Crippen molar-refractivity contribution in [3.8, 4) is 0 Å². The molecule has 8 heteroatoms. The van der Waals surface area contributed by atoms with Crippen LogP contribution in [-0.2, 0) is 9.53 Å². The van der Waals surface area contributed by atoms with Crippen LogP contribution in [0.5, 0.6) is 0 Å². The van der Waals surface area contributed by atoms with Crippen LogP contribution in [0.3, 0.4) is 0 Å². The number of hydrogen-bond donors (Lipinski definition) is 2. The van der Waals surface area contributed by atoms with Crippen molar-refractivity contribution in [1.82, 2.24) is 5.32 Å². The van der Waals surface area contributed by atoms with Crippen molar-refractivity contribution in [2.75, 3.05) is 6.54 Å². The fraction of sp³-hybridized carbons (Fsp3) is 0.857. The summed E-state index contributed by atoms with van der Waals surface area (Å²) >= 11 is 0. The quantitative estimate of drug-likeness (QED) is 0.426. The van der Waals surface area contributed by atoms with Gasteiger partial charge in [0.05, 0.1) is 5.92 Å². The second kappa shape index (κ2) is 7.35. The molecule has 0 saturated heterocycles. The minimum Gasteiger partial charge on any atom is -0.481 e. The highest BCUT2D eigenvalue weighted by Gasteiger charge is 2.41. The predicted molar refractivity (Wildman–Crippen MR) is 80.2 cm³/mol. The number of nitrogens with zero attached hydrogens (tertiary/aromatic N) is 3. The maximum absolute atomic E-state index is 11.7. The van der Waals surface area contributed by atoms with Crippen LogP contribution in [0.15, 0.2) is 5.11 Å². The summed E-state index contributed by atoms with van der Waals surface area (Å²) in [5.74, 6) is -1.15. The van der Waals surface area contributed by atoms with E-state index in [-0.39, 0.29) is 11.8 Å². The van der Waals surface area contributed by atoms with Gasteiger partial charge in [-0.15, -0.1) is 0 Å². The third-order valence-corrected chi connectivity index (χ3v) is 3.67. The smallest absolute Gasteiger partial charge is 0.407 e. The molecule has 1 saturated carbocycles. The summed E-state index contributed by atoms with van der Waals surface area (Å²) in [7, 11) is 0. The van der Waals surface area contributed by atoms with E-state index < -0.39 is 29.6 Å². The lowest BCUT2D eigenvalue weighted by molar-refractivity contribution is -0.143. The molecule has 2 unspecified atom stereocenters. The van der Waals surface area contributed by atoms with E-state index in [1.54, 1.807) is 27.7 Å². The summed E-state index contributed by atoms with van der Waals surface area (Å²) in [4.78, 5) is 25.8. The Hall–Kier alpha value is -1.95. The van der Waals surface area contributed by atoms with Gasteiger partial charge in [-0.05, 0) is 57.9 Å². The zero-order valence-electron chi connectivity index (χ0n) is 13.4. The molecular formula is C14H24N4O4. The highest BCUT2D eigenvalue weighted by molar-refractivity contribution is 5.73. The van der Waals surface area contributed by atoms with Gasteiger partial charge < -0.3 is 15.2 Å². The van der Waals surface area contributed by atoms with Crippen molar-refractivity contribution < 1.29 is 19.4 Å². The number of ether oxygens (including phenoxy) is 1. The molecule has 0 heterocycles. The lowest BCUT2D eigenvalue weighted by Crippen LogP contribution is -2.43. The average Bonchev–Trinajstić information content (AvgIpc) is 3.08. The fourth-order valence-electron chi connectivity index (χ4n) is 2.40. The van der Waals surface area contributed by atoms with Crippen molar-refractivity contribution in [2.24, 2.45) is 22.9 Å². The van der Waals surface area contributed by atoms with Crippen LogP contribution in [0, 0.1) is 17.8 Å². The first-order valence-corrected chi connectivity index (χ1v) is 7.37. The third-order valence-electron chi connectivity index (χ3n) is 3.67. The number of nitrogens with one attached hydrogen (secondary N) is 1. The van der Waals surface area contributed by atoms with Gasteiger partial charge in [0.1, 0.15) is 5.60 Å². The van der Waals surface area contributed by atoms with E-state index in [9.17, 15) is 14.7 Å². The average molecular weight is 312 g/mol. The van der Waals surface area contributed by atoms with Crippen molar-refractivity contribution in [1.29, 1.82) is 0 Å². The van der Waals surface area contributed by atoms with Gasteiger partial charge >= 0.3 is 12.1 Å². The maximum Gasteiger partial charge on any atom is 0.407 e. The Balaban J connectivity index is 2.51. The summed E-state index contributed by atoms with van der Waals surface area (Å²) in [6.07, 6.45) is 0.701. The standard InChI is InChI=1S/C14H24N4O4/c1-8(17-13(21)22-14(2,3)4)11(12(19)20)6-9-5-10(9)7-16-18-15/h8-11H,5-7H2,1-4H3,(H,17,21)(H,19,20)/t8-,9?,10?,11-/m1/s1. The van der Waals surface area contributed by atoms with Crippen LogP contribution in [0.2, 0.25) is 0 Å². The number of hydrogen-bond acceptors (Lipinski definition) is 4. The lowest BCUT2D eigenvalue weighted by Gasteiger charge is -2.25. The van der Waals surface area contributed by atoms with E-state index in [1.807, 2.05) is 0 Å². The first-order valence-electron chi connectivity index (χ1n) is 7.37. The zero-order chi connectivity index (χ0) is 16.9. The Morgan fingerprint density at radius 1 is 1.45 bits per heavy atom. The summed E-state index contributed by atoms with van der Waals surface area (Å²) in [6, 6.07) is -0.534. The third kappa shape index (κ3) is 6.22. The van der Waals surface area contributed by atoms with Crippen molar-refractivity contribution in [3.05, 3.63) is 10.4 Å². The second-order valence-corrected chi connectivity index (χ2v) is 6.78. The summed E-state index contributed by atoms with van der Waals surface area (Å²) in [6.45, 7) is 7.30. The molecule has 0 aromatic heterocycles. The minimum absolute atomic E-state index is 0.231. The molecule has 1 fully saturated rings. The predicted octanol–water partition coefficient (Wildman–Crippen LogP) is 2.94. The molecule has 0 aromatic rings. The Kier molecular flexibility index (Phi) is 6.05. The molecule has 1 aliphatic carbocycles. The zero-order valence-corrected chi connectivity index (χ0v) is 13.4. The molecule has 0 aromatic carbocycles. The minimum atomic E-state index is -0.946. The Bertz CT molecular complexity index is 468. The molecule has 124 valence electrons. The first-order chi connectivity index (χ1) is 10.1. The summed E-state index contributed by atoms with van der Waals surface area (Å²) in [5.41, 5.74) is 7.66. The molecule has 0 bridgehead atoms. The highest BCUT2D eigenvalue weighted by atomic mass is 16.6. The molecule has 0 aliphatic heterocycles. The van der Waals surface area contributed by atoms with Gasteiger partial charge in [-0.25, -0.2) is 4.79 Å². The molecule has 22 heavy (non-hydrogen) atoms. The Labute approximate surface area is 129 Å². The number of carboxylic acids is 1. The summed E-state index contributed by atoms with van der Waals surface area (Å²) in [5, 5.41) is 15.5. The van der Waals surface area contributed by atoms with Gasteiger partial charge in [0, 0.05) is 17.5 Å². The fourth-order valence-corrected chi connectivity index (χ4v) is 2.40. The van der Waals surface area contributed by atoms with Crippen LogP contribution >= 0.6 is 0 Å². The Morgan fingerprint density at radius 3 is 2.59 bits per heavy atom. The number of carbonyl (C=O) groups excluding carboxylic acids is 1. The highest BCUT2D eigenvalue weighted by Crippen LogP contribution is 2.43. The molecule has 1 amide bonds. The molecule has 4 atom stereocenters. The van der Waals surface area contributed by atoms with Gasteiger partial charge in [-0.2, -0.15) is 0 Å². The lowest BCUT2D eigenvalue weighted by atomic mass is 9.94. The number of carbonyl (C=O) groups is 2. The van der Waals surface area contributed by atoms with E-state index >= 15 is 0 Å². The Morgan fingerprint density at radius 2 is 2.09 bits per heavy atom. The number of carboxylic acid groups (broad SMARTS) is 1. The molecule has 8 nitrogen and oxygen atoms in total.